The predicted octanol–water partition coefficient (Wildman–Crippen LogP) is 5.18. The SMILES string of the molecule is O=C(CCCCCn1c(=S)[nH]c2ccccc2c1=O)NCCSc1ccc(Cl)cc1. The number of nitrogens with zero attached hydrogens (tertiary/aromatic N) is 1. The van der Waals surface area contributed by atoms with Crippen molar-refractivity contribution in [2.24, 2.45) is 0 Å². The van der Waals surface area contributed by atoms with Crippen molar-refractivity contribution < 1.29 is 4.79 Å². The number of hydrogen-bond acceptors (Lipinski definition) is 4. The number of aromatic amines is 1. The van der Waals surface area contributed by atoms with Crippen molar-refractivity contribution in [2.45, 2.75) is 37.1 Å². The normalized spacial score (nSPS) is 11.0. The summed E-state index contributed by atoms with van der Waals surface area (Å²) in [5, 5.41) is 4.31. The first-order chi connectivity index (χ1) is 14.5. The van der Waals surface area contributed by atoms with Crippen molar-refractivity contribution >= 4 is 52.4 Å². The van der Waals surface area contributed by atoms with Crippen LogP contribution in [0.5, 0.6) is 0 Å². The number of H-pyrrole nitrogens is 1. The van der Waals surface area contributed by atoms with E-state index in [0.29, 0.717) is 29.7 Å². The van der Waals surface area contributed by atoms with E-state index in [1.165, 1.54) is 0 Å². The summed E-state index contributed by atoms with van der Waals surface area (Å²) >= 11 is 12.9. The van der Waals surface area contributed by atoms with Crippen LogP contribution in [0.15, 0.2) is 58.2 Å². The molecule has 8 heteroatoms. The van der Waals surface area contributed by atoms with Crippen molar-refractivity contribution in [3.05, 3.63) is 68.7 Å². The van der Waals surface area contributed by atoms with Crippen LogP contribution < -0.4 is 10.9 Å². The number of amides is 1. The molecule has 3 rings (SSSR count). The molecule has 2 aromatic carbocycles. The van der Waals surface area contributed by atoms with Crippen LogP contribution in [0.1, 0.15) is 25.7 Å². The van der Waals surface area contributed by atoms with Crippen molar-refractivity contribution in [2.75, 3.05) is 12.3 Å². The van der Waals surface area contributed by atoms with Crippen molar-refractivity contribution in [3.63, 3.8) is 0 Å². The zero-order valence-corrected chi connectivity index (χ0v) is 18.9. The number of benzene rings is 2. The third kappa shape index (κ3) is 6.45. The van der Waals surface area contributed by atoms with Crippen LogP contribution in [-0.4, -0.2) is 27.8 Å². The van der Waals surface area contributed by atoms with Gasteiger partial charge in [0.15, 0.2) is 4.77 Å². The first kappa shape index (κ1) is 22.6. The summed E-state index contributed by atoms with van der Waals surface area (Å²) in [4.78, 5) is 28.8. The van der Waals surface area contributed by atoms with E-state index in [1.807, 2.05) is 42.5 Å². The summed E-state index contributed by atoms with van der Waals surface area (Å²) in [7, 11) is 0. The number of nitrogens with one attached hydrogen (secondary N) is 2. The molecule has 2 N–H and O–H groups in total. The second-order valence-electron chi connectivity index (χ2n) is 6.90. The highest BCUT2D eigenvalue weighted by Crippen LogP contribution is 2.19. The lowest BCUT2D eigenvalue weighted by Crippen LogP contribution is -2.25. The van der Waals surface area contributed by atoms with Gasteiger partial charge in [-0.05, 0) is 61.5 Å². The van der Waals surface area contributed by atoms with Gasteiger partial charge in [0.25, 0.3) is 5.56 Å². The number of carbonyl (C=O) groups excluding carboxylic acids is 1. The second kappa shape index (κ2) is 11.3. The third-order valence-corrected chi connectivity index (χ3v) is 6.27. The largest absolute Gasteiger partial charge is 0.355 e. The fourth-order valence-electron chi connectivity index (χ4n) is 3.11. The molecule has 158 valence electrons. The van der Waals surface area contributed by atoms with Crippen LogP contribution in [0.4, 0.5) is 0 Å². The van der Waals surface area contributed by atoms with E-state index in [4.69, 9.17) is 23.8 Å². The van der Waals surface area contributed by atoms with Gasteiger partial charge in [0.2, 0.25) is 5.91 Å². The van der Waals surface area contributed by atoms with Crippen LogP contribution in [0.2, 0.25) is 5.02 Å². The van der Waals surface area contributed by atoms with Crippen molar-refractivity contribution in [3.8, 4) is 0 Å². The minimum Gasteiger partial charge on any atom is -0.355 e. The van der Waals surface area contributed by atoms with Crippen molar-refractivity contribution in [1.82, 2.24) is 14.9 Å². The van der Waals surface area contributed by atoms with Gasteiger partial charge in [0, 0.05) is 35.2 Å². The highest BCUT2D eigenvalue weighted by Gasteiger charge is 2.06. The lowest BCUT2D eigenvalue weighted by molar-refractivity contribution is -0.121. The minimum atomic E-state index is -0.0646. The molecule has 0 aliphatic rings. The highest BCUT2D eigenvalue weighted by atomic mass is 35.5. The predicted molar refractivity (Wildman–Crippen MR) is 127 cm³/mol. The molecule has 0 fully saturated rings. The standard InChI is InChI=1S/C22H24ClN3O2S2/c23-16-9-11-17(12-10-16)30-15-13-24-20(27)8-2-1-5-14-26-21(28)18-6-3-4-7-19(18)25-22(26)29/h3-4,6-7,9-12H,1-2,5,8,13-15H2,(H,24,27)(H,25,29). The molecule has 0 spiro atoms. The van der Waals surface area contributed by atoms with E-state index in [-0.39, 0.29) is 11.5 Å². The summed E-state index contributed by atoms with van der Waals surface area (Å²) in [5.74, 6) is 0.878. The Hall–Kier alpha value is -2.09. The van der Waals surface area contributed by atoms with Gasteiger partial charge in [-0.1, -0.05) is 30.2 Å². The van der Waals surface area contributed by atoms with Gasteiger partial charge in [-0.25, -0.2) is 0 Å². The molecule has 0 bridgehead atoms. The molecule has 0 aliphatic heterocycles. The first-order valence-electron chi connectivity index (χ1n) is 9.91. The molecule has 5 nitrogen and oxygen atoms in total. The number of halogens is 1. The van der Waals surface area contributed by atoms with Gasteiger partial charge in [-0.3, -0.25) is 14.2 Å². The Morgan fingerprint density at radius 2 is 1.87 bits per heavy atom. The molecule has 30 heavy (non-hydrogen) atoms. The fourth-order valence-corrected chi connectivity index (χ4v) is 4.29. The van der Waals surface area contributed by atoms with Gasteiger partial charge < -0.3 is 10.3 Å². The molecular weight excluding hydrogens is 438 g/mol. The first-order valence-corrected chi connectivity index (χ1v) is 11.7. The van der Waals surface area contributed by atoms with E-state index in [1.54, 1.807) is 22.4 Å². The number of carbonyl (C=O) groups is 1. The Labute approximate surface area is 189 Å². The molecule has 3 aromatic rings. The lowest BCUT2D eigenvalue weighted by Gasteiger charge is -2.08. The van der Waals surface area contributed by atoms with E-state index >= 15 is 0 Å². The third-order valence-electron chi connectivity index (χ3n) is 4.68. The topological polar surface area (TPSA) is 66.9 Å². The fraction of sp³-hybridized carbons (Fsp3) is 0.318. The van der Waals surface area contributed by atoms with Crippen LogP contribution in [0, 0.1) is 4.77 Å². The molecular formula is C22H24ClN3O2S2. The number of para-hydroxylation sites is 1. The van der Waals surface area contributed by atoms with E-state index in [9.17, 15) is 9.59 Å². The van der Waals surface area contributed by atoms with E-state index in [2.05, 4.69) is 10.3 Å². The number of unbranched alkanes of at least 4 members (excludes halogenated alkanes) is 2. The number of hydrogen-bond donors (Lipinski definition) is 2. The molecule has 0 aliphatic carbocycles. The monoisotopic (exact) mass is 461 g/mol. The average Bonchev–Trinajstić information content (AvgIpc) is 2.74. The highest BCUT2D eigenvalue weighted by molar-refractivity contribution is 7.99. The Balaban J connectivity index is 1.34. The Morgan fingerprint density at radius 3 is 2.67 bits per heavy atom. The van der Waals surface area contributed by atoms with Gasteiger partial charge in [0.1, 0.15) is 0 Å². The van der Waals surface area contributed by atoms with Crippen molar-refractivity contribution in [1.29, 1.82) is 0 Å². The van der Waals surface area contributed by atoms with Gasteiger partial charge in [-0.2, -0.15) is 0 Å². The van der Waals surface area contributed by atoms with Gasteiger partial charge >= 0.3 is 0 Å². The van der Waals surface area contributed by atoms with Crippen LogP contribution in [0.3, 0.4) is 0 Å². The summed E-state index contributed by atoms with van der Waals surface area (Å²) in [5.41, 5.74) is 0.694. The number of thioether (sulfide) groups is 1. The maximum atomic E-state index is 12.6. The van der Waals surface area contributed by atoms with Crippen LogP contribution in [0.25, 0.3) is 10.9 Å². The van der Waals surface area contributed by atoms with Crippen LogP contribution >= 0.6 is 35.6 Å². The van der Waals surface area contributed by atoms with Gasteiger partial charge in [0.05, 0.1) is 10.9 Å². The van der Waals surface area contributed by atoms with E-state index in [0.717, 1.165) is 40.5 Å². The van der Waals surface area contributed by atoms with Gasteiger partial charge in [-0.15, -0.1) is 11.8 Å². The number of aromatic nitrogens is 2. The summed E-state index contributed by atoms with van der Waals surface area (Å²) in [6.45, 7) is 1.19. The molecule has 1 aromatic heterocycles. The Kier molecular flexibility index (Phi) is 8.54. The lowest BCUT2D eigenvalue weighted by atomic mass is 10.2. The molecule has 0 saturated heterocycles. The van der Waals surface area contributed by atoms with Crippen LogP contribution in [-0.2, 0) is 11.3 Å². The summed E-state index contributed by atoms with van der Waals surface area (Å²) < 4.78 is 2.04. The minimum absolute atomic E-state index is 0.0619. The smallest absolute Gasteiger partial charge is 0.262 e. The molecule has 0 radical (unpaired) electrons. The molecule has 0 atom stereocenters. The summed E-state index contributed by atoms with van der Waals surface area (Å²) in [6.07, 6.45) is 2.94. The maximum absolute atomic E-state index is 12.6. The summed E-state index contributed by atoms with van der Waals surface area (Å²) in [6, 6.07) is 15.0. The second-order valence-corrected chi connectivity index (χ2v) is 8.89. The number of fused-ring (bicyclic) bond motifs is 1. The zero-order valence-electron chi connectivity index (χ0n) is 16.5. The zero-order chi connectivity index (χ0) is 21.3. The number of rotatable bonds is 10. The quantitative estimate of drug-likeness (QED) is 0.248. The molecule has 0 unspecified atom stereocenters. The molecule has 1 amide bonds. The maximum Gasteiger partial charge on any atom is 0.262 e. The Bertz CT molecular complexity index is 1110. The average molecular weight is 462 g/mol. The Morgan fingerprint density at radius 1 is 1.10 bits per heavy atom. The molecule has 0 saturated carbocycles. The molecule has 1 heterocycles. The van der Waals surface area contributed by atoms with E-state index < -0.39 is 0 Å².